The average Bonchev–Trinajstić information content (AvgIpc) is 2.52. The minimum atomic E-state index is -0.759. The third-order valence-electron chi connectivity index (χ3n) is 3.01. The van der Waals surface area contributed by atoms with E-state index >= 15 is 0 Å². The van der Waals surface area contributed by atoms with Crippen molar-refractivity contribution in [3.05, 3.63) is 23.4 Å². The van der Waals surface area contributed by atoms with Gasteiger partial charge in [0.05, 0.1) is 12.7 Å². The summed E-state index contributed by atoms with van der Waals surface area (Å²) in [5.41, 5.74) is 0. The van der Waals surface area contributed by atoms with Crippen molar-refractivity contribution in [3.8, 4) is 17.4 Å². The quantitative estimate of drug-likeness (QED) is 0.612. The van der Waals surface area contributed by atoms with Crippen molar-refractivity contribution in [1.29, 1.82) is 0 Å². The number of halogens is 1. The molecule has 0 atom stereocenters. The van der Waals surface area contributed by atoms with Gasteiger partial charge in [-0.15, -0.1) is 0 Å². The number of rotatable bonds is 6. The molecule has 0 radical (unpaired) electrons. The smallest absolute Gasteiger partial charge is 0.414 e. The Balaban J connectivity index is 2.27. The molecule has 8 heteroatoms. The van der Waals surface area contributed by atoms with Gasteiger partial charge in [0.15, 0.2) is 5.75 Å². The number of nitrogens with zero attached hydrogens (tertiary/aromatic N) is 1. The van der Waals surface area contributed by atoms with Gasteiger partial charge in [-0.05, 0) is 32.0 Å². The first-order valence-corrected chi connectivity index (χ1v) is 7.73. The third kappa shape index (κ3) is 4.39. The number of amides is 1. The predicted molar refractivity (Wildman–Crippen MR) is 90.1 cm³/mol. The van der Waals surface area contributed by atoms with Crippen LogP contribution in [0.1, 0.15) is 13.8 Å². The van der Waals surface area contributed by atoms with Crippen molar-refractivity contribution in [2.24, 2.45) is 0 Å². The monoisotopic (exact) mass is 354 g/mol. The van der Waals surface area contributed by atoms with Crippen LogP contribution in [0.3, 0.4) is 0 Å². The molecule has 0 bridgehead atoms. The molecule has 1 aromatic heterocycles. The van der Waals surface area contributed by atoms with Crippen LogP contribution in [0.2, 0.25) is 5.15 Å². The second-order valence-electron chi connectivity index (χ2n) is 5.24. The number of benzene rings is 1. The van der Waals surface area contributed by atoms with Crippen LogP contribution >= 0.6 is 11.6 Å². The topological polar surface area (TPSA) is 89.9 Å². The van der Waals surface area contributed by atoms with Gasteiger partial charge in [0.25, 0.3) is 5.88 Å². The van der Waals surface area contributed by atoms with Gasteiger partial charge in [-0.25, -0.2) is 4.79 Å². The molecule has 0 fully saturated rings. The number of nitrogens with one attached hydrogen (secondary N) is 1. The van der Waals surface area contributed by atoms with Gasteiger partial charge in [0.1, 0.15) is 10.9 Å². The minimum absolute atomic E-state index is 0.00110. The zero-order valence-electron chi connectivity index (χ0n) is 13.6. The van der Waals surface area contributed by atoms with Crippen LogP contribution in [-0.4, -0.2) is 42.5 Å². The molecule has 2 N–H and O–H groups in total. The van der Waals surface area contributed by atoms with Gasteiger partial charge >= 0.3 is 6.09 Å². The van der Waals surface area contributed by atoms with Gasteiger partial charge < -0.3 is 24.6 Å². The predicted octanol–water partition coefficient (Wildman–Crippen LogP) is 3.12. The minimum Gasteiger partial charge on any atom is -0.503 e. The van der Waals surface area contributed by atoms with E-state index in [1.165, 1.54) is 7.11 Å². The number of methoxy groups -OCH3 is 1. The number of pyridine rings is 1. The summed E-state index contributed by atoms with van der Waals surface area (Å²) in [5.74, 6) is 0.0684. The number of hydrogen-bond acceptors (Lipinski definition) is 6. The Morgan fingerprint density at radius 3 is 2.79 bits per heavy atom. The molecule has 2 aromatic rings. The number of hydrogen-bond donors (Lipinski definition) is 2. The van der Waals surface area contributed by atoms with E-state index in [0.29, 0.717) is 23.1 Å². The highest BCUT2D eigenvalue weighted by molar-refractivity contribution is 6.34. The lowest BCUT2D eigenvalue weighted by atomic mass is 10.1. The molecule has 2 rings (SSSR count). The van der Waals surface area contributed by atoms with Crippen LogP contribution in [0, 0.1) is 0 Å². The summed E-state index contributed by atoms with van der Waals surface area (Å²) in [4.78, 5) is 15.6. The fourth-order valence-electron chi connectivity index (χ4n) is 2.01. The number of aromatic hydroxyl groups is 1. The van der Waals surface area contributed by atoms with Crippen LogP contribution in [-0.2, 0) is 4.74 Å². The maximum atomic E-state index is 11.7. The van der Waals surface area contributed by atoms with Gasteiger partial charge in [-0.1, -0.05) is 11.6 Å². The summed E-state index contributed by atoms with van der Waals surface area (Å²) in [6.45, 7) is 4.42. The average molecular weight is 355 g/mol. The van der Waals surface area contributed by atoms with Gasteiger partial charge in [0.2, 0.25) is 0 Å². The highest BCUT2D eigenvalue weighted by Gasteiger charge is 2.17. The Morgan fingerprint density at radius 2 is 2.12 bits per heavy atom. The van der Waals surface area contributed by atoms with E-state index in [9.17, 15) is 9.90 Å². The Morgan fingerprint density at radius 1 is 1.38 bits per heavy atom. The molecular weight excluding hydrogens is 336 g/mol. The highest BCUT2D eigenvalue weighted by atomic mass is 35.5. The van der Waals surface area contributed by atoms with Crippen LogP contribution in [0.5, 0.6) is 17.4 Å². The zero-order valence-corrected chi connectivity index (χ0v) is 14.4. The first-order valence-electron chi connectivity index (χ1n) is 7.36. The van der Waals surface area contributed by atoms with E-state index in [1.807, 2.05) is 13.8 Å². The Hall–Kier alpha value is -2.25. The molecule has 1 amide bonds. The molecule has 7 nitrogen and oxygen atoms in total. The van der Waals surface area contributed by atoms with Gasteiger partial charge in [0, 0.05) is 24.4 Å². The Labute approximate surface area is 144 Å². The van der Waals surface area contributed by atoms with Crippen molar-refractivity contribution in [1.82, 2.24) is 10.3 Å². The van der Waals surface area contributed by atoms with Crippen LogP contribution in [0.4, 0.5) is 4.79 Å². The molecule has 0 saturated carbocycles. The maximum Gasteiger partial charge on any atom is 0.414 e. The summed E-state index contributed by atoms with van der Waals surface area (Å²) < 4.78 is 15.4. The molecule has 0 aliphatic rings. The lowest BCUT2D eigenvalue weighted by Crippen LogP contribution is -2.30. The van der Waals surface area contributed by atoms with Crippen molar-refractivity contribution in [2.75, 3.05) is 20.3 Å². The maximum absolute atomic E-state index is 11.7. The molecule has 0 aliphatic heterocycles. The van der Waals surface area contributed by atoms with E-state index in [-0.39, 0.29) is 29.4 Å². The molecule has 0 spiro atoms. The highest BCUT2D eigenvalue weighted by Crippen LogP contribution is 2.38. The molecule has 0 unspecified atom stereocenters. The van der Waals surface area contributed by atoms with E-state index < -0.39 is 6.09 Å². The fraction of sp³-hybridized carbons (Fsp3) is 0.375. The summed E-state index contributed by atoms with van der Waals surface area (Å²) in [7, 11) is 1.51. The lowest BCUT2D eigenvalue weighted by Gasteiger charge is -2.13. The summed E-state index contributed by atoms with van der Waals surface area (Å²) in [6.07, 6.45) is -0.758. The molecular formula is C16H19ClN2O5. The summed E-state index contributed by atoms with van der Waals surface area (Å²) in [6, 6.07) is 5.00. The molecule has 1 aromatic carbocycles. The molecule has 0 saturated heterocycles. The van der Waals surface area contributed by atoms with Crippen LogP contribution < -0.4 is 14.8 Å². The van der Waals surface area contributed by atoms with Crippen LogP contribution in [0.25, 0.3) is 10.8 Å². The molecule has 1 heterocycles. The van der Waals surface area contributed by atoms with E-state index in [2.05, 4.69) is 10.3 Å². The zero-order chi connectivity index (χ0) is 17.7. The van der Waals surface area contributed by atoms with Gasteiger partial charge in [-0.3, -0.25) is 0 Å². The second kappa shape index (κ2) is 8.03. The molecule has 130 valence electrons. The van der Waals surface area contributed by atoms with E-state index in [4.69, 9.17) is 25.8 Å². The van der Waals surface area contributed by atoms with E-state index in [1.54, 1.807) is 18.2 Å². The summed E-state index contributed by atoms with van der Waals surface area (Å²) >= 11 is 6.14. The number of fused-ring (bicyclic) bond motifs is 1. The number of carbonyl (C=O) groups is 1. The fourth-order valence-corrected chi connectivity index (χ4v) is 2.25. The van der Waals surface area contributed by atoms with Crippen molar-refractivity contribution in [2.45, 2.75) is 20.0 Å². The van der Waals surface area contributed by atoms with Crippen molar-refractivity contribution < 1.29 is 24.1 Å². The lowest BCUT2D eigenvalue weighted by molar-refractivity contribution is 0.178. The number of carbonyl (C=O) groups excluding carboxylic acids is 1. The van der Waals surface area contributed by atoms with Gasteiger partial charge in [-0.2, -0.15) is 4.98 Å². The van der Waals surface area contributed by atoms with Crippen molar-refractivity contribution in [3.63, 3.8) is 0 Å². The SMILES string of the molecule is COCCNC(=O)Oc1nc(Cl)c2cc(OC(C)C)ccc2c1O. The molecule has 0 aliphatic carbocycles. The summed E-state index contributed by atoms with van der Waals surface area (Å²) in [5, 5.41) is 13.7. The first kappa shape index (κ1) is 18.1. The Bertz CT molecular complexity index is 736. The largest absolute Gasteiger partial charge is 0.503 e. The number of ether oxygens (including phenoxy) is 3. The van der Waals surface area contributed by atoms with Crippen molar-refractivity contribution >= 4 is 28.5 Å². The molecule has 24 heavy (non-hydrogen) atoms. The Kier molecular flexibility index (Phi) is 6.05. The van der Waals surface area contributed by atoms with Crippen LogP contribution in [0.15, 0.2) is 18.2 Å². The third-order valence-corrected chi connectivity index (χ3v) is 3.30. The standard InChI is InChI=1S/C16H19ClN2O5/c1-9(2)23-10-4-5-11-12(8-10)14(17)19-15(13(11)20)24-16(21)18-6-7-22-3/h4-5,8-9,20H,6-7H2,1-3H3,(H,18,21). The first-order chi connectivity index (χ1) is 11.4. The number of aromatic nitrogens is 1. The van der Waals surface area contributed by atoms with E-state index in [0.717, 1.165) is 0 Å². The normalized spacial score (nSPS) is 10.9. The second-order valence-corrected chi connectivity index (χ2v) is 5.60.